The molecule has 1 aliphatic rings. The lowest BCUT2D eigenvalue weighted by Gasteiger charge is -2.28. The summed E-state index contributed by atoms with van der Waals surface area (Å²) in [6.45, 7) is 5.88. The second-order valence-electron chi connectivity index (χ2n) is 4.02. The van der Waals surface area contributed by atoms with Crippen LogP contribution in [-0.4, -0.2) is 51.0 Å². The summed E-state index contributed by atoms with van der Waals surface area (Å²) < 4.78 is 11.3. The maximum Gasteiger partial charge on any atom is 0.213 e. The Labute approximate surface area is 81.2 Å². The van der Waals surface area contributed by atoms with Gasteiger partial charge in [0.1, 0.15) is 13.2 Å². The van der Waals surface area contributed by atoms with Gasteiger partial charge in [0.15, 0.2) is 0 Å². The molecule has 0 spiro atoms. The molecule has 0 radical (unpaired) electrons. The van der Waals surface area contributed by atoms with Gasteiger partial charge < -0.3 is 9.22 Å². The van der Waals surface area contributed by atoms with Crippen molar-refractivity contribution < 1.29 is 14.0 Å². The van der Waals surface area contributed by atoms with Crippen LogP contribution in [0.15, 0.2) is 0 Å². The SMILES string of the molecule is [CH2+]OCCOCC[N+]1(C)CCCC1. The predicted octanol–water partition coefficient (Wildman–Crippen LogP) is 1.05. The molecule has 0 amide bonds. The average molecular weight is 187 g/mol. The van der Waals surface area contributed by atoms with Crippen LogP contribution in [0.5, 0.6) is 0 Å². The van der Waals surface area contributed by atoms with Gasteiger partial charge in [0, 0.05) is 12.8 Å². The Hall–Kier alpha value is -0.250. The third-order valence-electron chi connectivity index (χ3n) is 2.79. The van der Waals surface area contributed by atoms with Crippen molar-refractivity contribution in [3.05, 3.63) is 7.11 Å². The van der Waals surface area contributed by atoms with E-state index in [0.717, 1.165) is 13.2 Å². The maximum absolute atomic E-state index is 5.42. The van der Waals surface area contributed by atoms with Gasteiger partial charge in [-0.25, -0.2) is 0 Å². The minimum Gasteiger partial charge on any atom is -0.373 e. The lowest BCUT2D eigenvalue weighted by molar-refractivity contribution is -0.898. The van der Waals surface area contributed by atoms with Crippen LogP contribution in [0.1, 0.15) is 12.8 Å². The quantitative estimate of drug-likeness (QED) is 0.351. The number of hydrogen-bond acceptors (Lipinski definition) is 2. The Morgan fingerprint density at radius 1 is 1.15 bits per heavy atom. The zero-order valence-electron chi connectivity index (χ0n) is 8.63. The third kappa shape index (κ3) is 3.98. The molecule has 1 fully saturated rings. The van der Waals surface area contributed by atoms with E-state index in [9.17, 15) is 0 Å². The molecule has 0 aromatic rings. The molecule has 1 heterocycles. The van der Waals surface area contributed by atoms with Gasteiger partial charge in [0.2, 0.25) is 7.11 Å². The van der Waals surface area contributed by atoms with Crippen LogP contribution in [0.4, 0.5) is 0 Å². The van der Waals surface area contributed by atoms with E-state index in [1.54, 1.807) is 0 Å². The molecular weight excluding hydrogens is 166 g/mol. The first-order valence-corrected chi connectivity index (χ1v) is 5.05. The fraction of sp³-hybridized carbons (Fsp3) is 0.900. The van der Waals surface area contributed by atoms with Crippen molar-refractivity contribution in [2.24, 2.45) is 0 Å². The van der Waals surface area contributed by atoms with Crippen molar-refractivity contribution >= 4 is 0 Å². The predicted molar refractivity (Wildman–Crippen MR) is 52.1 cm³/mol. The highest BCUT2D eigenvalue weighted by atomic mass is 16.5. The molecule has 0 N–H and O–H groups in total. The first-order chi connectivity index (χ1) is 6.27. The summed E-state index contributed by atoms with van der Waals surface area (Å²) >= 11 is 0. The van der Waals surface area contributed by atoms with Gasteiger partial charge in [-0.2, -0.15) is 4.74 Å². The third-order valence-corrected chi connectivity index (χ3v) is 2.79. The van der Waals surface area contributed by atoms with E-state index < -0.39 is 0 Å². The van der Waals surface area contributed by atoms with Crippen molar-refractivity contribution in [2.45, 2.75) is 12.8 Å². The number of likely N-dealkylation sites (N-methyl/N-ethyl adjacent to an activating group) is 1. The summed E-state index contributed by atoms with van der Waals surface area (Å²) in [5.41, 5.74) is 0. The van der Waals surface area contributed by atoms with E-state index in [1.165, 1.54) is 30.4 Å². The highest BCUT2D eigenvalue weighted by Gasteiger charge is 2.25. The Kier molecular flexibility index (Phi) is 4.56. The normalized spacial score (nSPS) is 20.7. The Balaban J connectivity index is 1.98. The minimum absolute atomic E-state index is 0.601. The molecule has 0 aromatic heterocycles. The summed E-state index contributed by atoms with van der Waals surface area (Å²) in [5.74, 6) is 0. The number of quaternary nitrogens is 1. The van der Waals surface area contributed by atoms with Crippen LogP contribution in [0.2, 0.25) is 0 Å². The highest BCUT2D eigenvalue weighted by Crippen LogP contribution is 2.15. The summed E-state index contributed by atoms with van der Waals surface area (Å²) in [6.07, 6.45) is 2.75. The minimum atomic E-state index is 0.601. The van der Waals surface area contributed by atoms with Crippen LogP contribution in [0.25, 0.3) is 0 Å². The fourth-order valence-electron chi connectivity index (χ4n) is 1.83. The Bertz CT molecular complexity index is 133. The maximum atomic E-state index is 5.42. The van der Waals surface area contributed by atoms with Gasteiger partial charge in [0.25, 0.3) is 0 Å². The molecule has 3 nitrogen and oxygen atoms in total. The van der Waals surface area contributed by atoms with Crippen LogP contribution in [0.3, 0.4) is 0 Å². The molecule has 0 bridgehead atoms. The molecule has 76 valence electrons. The molecule has 3 heteroatoms. The molecule has 0 saturated carbocycles. The van der Waals surface area contributed by atoms with Crippen LogP contribution >= 0.6 is 0 Å². The summed E-state index contributed by atoms with van der Waals surface area (Å²) in [6, 6.07) is 0. The fourth-order valence-corrected chi connectivity index (χ4v) is 1.83. The second kappa shape index (κ2) is 5.47. The zero-order valence-corrected chi connectivity index (χ0v) is 8.63. The number of rotatable bonds is 6. The van der Waals surface area contributed by atoms with E-state index in [2.05, 4.69) is 18.9 Å². The largest absolute Gasteiger partial charge is 0.373 e. The molecule has 1 saturated heterocycles. The van der Waals surface area contributed by atoms with Crippen LogP contribution in [-0.2, 0) is 9.47 Å². The van der Waals surface area contributed by atoms with E-state index in [1.807, 2.05) is 0 Å². The molecule has 0 aromatic carbocycles. The molecule has 1 aliphatic heterocycles. The van der Waals surface area contributed by atoms with Crippen molar-refractivity contribution in [3.63, 3.8) is 0 Å². The summed E-state index contributed by atoms with van der Waals surface area (Å²) in [4.78, 5) is 0. The van der Waals surface area contributed by atoms with Gasteiger partial charge in [-0.05, 0) is 0 Å². The smallest absolute Gasteiger partial charge is 0.213 e. The lowest BCUT2D eigenvalue weighted by atomic mass is 10.4. The second-order valence-corrected chi connectivity index (χ2v) is 4.02. The molecule has 1 rings (SSSR count). The topological polar surface area (TPSA) is 18.5 Å². The number of ether oxygens (including phenoxy) is 2. The molecular formula is C10H21NO2+2. The van der Waals surface area contributed by atoms with Crippen molar-refractivity contribution in [1.29, 1.82) is 0 Å². The van der Waals surface area contributed by atoms with Crippen LogP contribution in [0, 0.1) is 7.11 Å². The highest BCUT2D eigenvalue weighted by molar-refractivity contribution is 4.51. The van der Waals surface area contributed by atoms with Gasteiger partial charge in [0.05, 0.1) is 33.4 Å². The van der Waals surface area contributed by atoms with Gasteiger partial charge in [-0.3, -0.25) is 0 Å². The molecule has 0 atom stereocenters. The van der Waals surface area contributed by atoms with Crippen LogP contribution < -0.4 is 0 Å². The first kappa shape index (κ1) is 10.8. The zero-order chi connectivity index (χ0) is 9.57. The van der Waals surface area contributed by atoms with E-state index >= 15 is 0 Å². The number of hydrogen-bond donors (Lipinski definition) is 0. The monoisotopic (exact) mass is 187 g/mol. The van der Waals surface area contributed by atoms with Gasteiger partial charge >= 0.3 is 0 Å². The Morgan fingerprint density at radius 3 is 2.46 bits per heavy atom. The van der Waals surface area contributed by atoms with E-state index in [-0.39, 0.29) is 0 Å². The molecule has 0 unspecified atom stereocenters. The van der Waals surface area contributed by atoms with Crippen molar-refractivity contribution in [1.82, 2.24) is 0 Å². The first-order valence-electron chi connectivity index (χ1n) is 5.05. The van der Waals surface area contributed by atoms with Gasteiger partial charge in [-0.1, -0.05) is 0 Å². The number of nitrogens with zero attached hydrogens (tertiary/aromatic N) is 1. The van der Waals surface area contributed by atoms with E-state index in [4.69, 9.17) is 4.74 Å². The van der Waals surface area contributed by atoms with E-state index in [0.29, 0.717) is 13.2 Å². The summed E-state index contributed by atoms with van der Waals surface area (Å²) in [5, 5.41) is 0. The van der Waals surface area contributed by atoms with Crippen molar-refractivity contribution in [3.8, 4) is 0 Å². The number of likely N-dealkylation sites (tertiary alicyclic amines) is 1. The Morgan fingerprint density at radius 2 is 1.85 bits per heavy atom. The standard InChI is InChI=1S/C10H21NO2/c1-11(5-3-4-6-11)7-8-13-10-9-12-2/h2-10H2,1H3/q+2. The summed E-state index contributed by atoms with van der Waals surface area (Å²) in [7, 11) is 5.60. The van der Waals surface area contributed by atoms with Gasteiger partial charge in [-0.15, -0.1) is 0 Å². The molecule has 13 heavy (non-hydrogen) atoms. The average Bonchev–Trinajstić information content (AvgIpc) is 2.53. The molecule has 0 aliphatic carbocycles. The lowest BCUT2D eigenvalue weighted by Crippen LogP contribution is -2.43. The van der Waals surface area contributed by atoms with Crippen molar-refractivity contribution in [2.75, 3.05) is 46.5 Å².